The largest absolute Gasteiger partial charge is 0.459 e. The van der Waals surface area contributed by atoms with Gasteiger partial charge in [-0.25, -0.2) is 9.59 Å². The first-order chi connectivity index (χ1) is 9.09. The van der Waals surface area contributed by atoms with E-state index in [0.29, 0.717) is 12.1 Å². The second kappa shape index (κ2) is 7.92. The van der Waals surface area contributed by atoms with Crippen LogP contribution < -0.4 is 5.32 Å². The van der Waals surface area contributed by atoms with Gasteiger partial charge in [-0.2, -0.15) is 0 Å². The topological polar surface area (TPSA) is 64.6 Å². The molecule has 1 rings (SSSR count). The number of hydrogen-bond acceptors (Lipinski definition) is 4. The van der Waals surface area contributed by atoms with Crippen molar-refractivity contribution in [3.8, 4) is 0 Å². The summed E-state index contributed by atoms with van der Waals surface area (Å²) in [5, 5.41) is 2.59. The summed E-state index contributed by atoms with van der Waals surface area (Å²) in [4.78, 5) is 22.3. The van der Waals surface area contributed by atoms with Crippen molar-refractivity contribution in [2.45, 2.75) is 13.5 Å². The number of rotatable bonds is 6. The summed E-state index contributed by atoms with van der Waals surface area (Å²) in [6, 6.07) is 9.47. The summed E-state index contributed by atoms with van der Waals surface area (Å²) >= 11 is 0. The predicted octanol–water partition coefficient (Wildman–Crippen LogP) is 2.03. The summed E-state index contributed by atoms with van der Waals surface area (Å²) in [6.07, 6.45) is -0.546. The van der Waals surface area contributed by atoms with E-state index in [2.05, 4.69) is 11.9 Å². The Balaban J connectivity index is 2.12. The van der Waals surface area contributed by atoms with Crippen molar-refractivity contribution in [3.05, 3.63) is 48.0 Å². The molecule has 0 aromatic heterocycles. The molecule has 0 radical (unpaired) electrons. The van der Waals surface area contributed by atoms with Gasteiger partial charge in [-0.15, -0.1) is 0 Å². The Bertz CT molecular complexity index is 442. The minimum absolute atomic E-state index is 0.0135. The molecule has 1 aromatic carbocycles. The van der Waals surface area contributed by atoms with Crippen molar-refractivity contribution in [3.63, 3.8) is 0 Å². The molecule has 0 fully saturated rings. The van der Waals surface area contributed by atoms with E-state index >= 15 is 0 Å². The van der Waals surface area contributed by atoms with E-state index in [1.807, 2.05) is 30.3 Å². The Morgan fingerprint density at radius 1 is 1.16 bits per heavy atom. The first-order valence-corrected chi connectivity index (χ1v) is 5.87. The van der Waals surface area contributed by atoms with Gasteiger partial charge in [-0.05, 0) is 12.5 Å². The quantitative estimate of drug-likeness (QED) is 0.484. The highest BCUT2D eigenvalue weighted by atomic mass is 16.6. The molecule has 1 aromatic rings. The lowest BCUT2D eigenvalue weighted by atomic mass is 10.2. The second-order valence-corrected chi connectivity index (χ2v) is 3.89. The molecule has 102 valence electrons. The van der Waals surface area contributed by atoms with Crippen LogP contribution in [0.2, 0.25) is 0 Å². The van der Waals surface area contributed by atoms with Gasteiger partial charge in [0.05, 0.1) is 0 Å². The molecule has 0 saturated carbocycles. The van der Waals surface area contributed by atoms with Crippen LogP contribution in [0.4, 0.5) is 4.79 Å². The van der Waals surface area contributed by atoms with E-state index in [1.165, 1.54) is 0 Å². The highest BCUT2D eigenvalue weighted by molar-refractivity contribution is 5.86. The van der Waals surface area contributed by atoms with Gasteiger partial charge in [0.25, 0.3) is 0 Å². The number of benzene rings is 1. The highest BCUT2D eigenvalue weighted by Crippen LogP contribution is 1.97. The van der Waals surface area contributed by atoms with Gasteiger partial charge in [0, 0.05) is 12.1 Å². The van der Waals surface area contributed by atoms with Crippen LogP contribution in [0.15, 0.2) is 42.5 Å². The zero-order valence-corrected chi connectivity index (χ0v) is 10.8. The third kappa shape index (κ3) is 6.26. The van der Waals surface area contributed by atoms with E-state index in [9.17, 15) is 9.59 Å². The molecule has 0 aliphatic rings. The van der Waals surface area contributed by atoms with Gasteiger partial charge < -0.3 is 14.8 Å². The molecule has 0 spiro atoms. The Morgan fingerprint density at radius 3 is 2.42 bits per heavy atom. The molecule has 0 aliphatic heterocycles. The first kappa shape index (κ1) is 14.8. The van der Waals surface area contributed by atoms with E-state index in [1.54, 1.807) is 6.92 Å². The molecule has 19 heavy (non-hydrogen) atoms. The second-order valence-electron chi connectivity index (χ2n) is 3.89. The number of hydrogen-bond donors (Lipinski definition) is 1. The average Bonchev–Trinajstić information content (AvgIpc) is 2.42. The summed E-state index contributed by atoms with van der Waals surface area (Å²) in [5.41, 5.74) is 1.29. The summed E-state index contributed by atoms with van der Waals surface area (Å²) in [5.74, 6) is -0.492. The molecule has 5 nitrogen and oxygen atoms in total. The van der Waals surface area contributed by atoms with Crippen LogP contribution in [0.1, 0.15) is 12.5 Å². The maximum Gasteiger partial charge on any atom is 0.407 e. The van der Waals surface area contributed by atoms with Crippen LogP contribution in [0.5, 0.6) is 0 Å². The number of carbonyl (C=O) groups is 2. The van der Waals surface area contributed by atoms with E-state index in [-0.39, 0.29) is 13.2 Å². The van der Waals surface area contributed by atoms with Gasteiger partial charge >= 0.3 is 12.1 Å². The lowest BCUT2D eigenvalue weighted by molar-refractivity contribution is -0.139. The summed E-state index contributed by atoms with van der Waals surface area (Å²) < 4.78 is 9.61. The molecule has 5 heteroatoms. The van der Waals surface area contributed by atoms with Crippen LogP contribution >= 0.6 is 0 Å². The fourth-order valence-electron chi connectivity index (χ4n) is 1.21. The minimum atomic E-state index is -0.546. The standard InChI is InChI=1S/C14H17NO4/c1-11(2)13(16)18-8-9-19-14(17)15-10-12-6-4-3-5-7-12/h3-7H,1,8-10H2,2H3,(H,15,17). The SMILES string of the molecule is C=C(C)C(=O)OCCOC(=O)NCc1ccccc1. The lowest BCUT2D eigenvalue weighted by Gasteiger charge is -2.07. The zero-order valence-electron chi connectivity index (χ0n) is 10.8. The number of carbonyl (C=O) groups excluding carboxylic acids is 2. The van der Waals surface area contributed by atoms with E-state index in [4.69, 9.17) is 9.47 Å². The van der Waals surface area contributed by atoms with E-state index in [0.717, 1.165) is 5.56 Å². The fraction of sp³-hybridized carbons (Fsp3) is 0.286. The summed E-state index contributed by atoms with van der Waals surface area (Å²) in [7, 11) is 0. The average molecular weight is 263 g/mol. The normalized spacial score (nSPS) is 9.53. The molecular weight excluding hydrogens is 246 g/mol. The zero-order chi connectivity index (χ0) is 14.1. The van der Waals surface area contributed by atoms with Crippen molar-refractivity contribution in [2.24, 2.45) is 0 Å². The van der Waals surface area contributed by atoms with Gasteiger partial charge in [-0.1, -0.05) is 36.9 Å². The Hall–Kier alpha value is -2.30. The molecule has 0 unspecified atom stereocenters. The summed E-state index contributed by atoms with van der Waals surface area (Å²) in [6.45, 7) is 5.41. The maximum absolute atomic E-state index is 11.3. The van der Waals surface area contributed by atoms with Gasteiger partial charge in [0.15, 0.2) is 0 Å². The fourth-order valence-corrected chi connectivity index (χ4v) is 1.21. The number of nitrogens with one attached hydrogen (secondary N) is 1. The van der Waals surface area contributed by atoms with Crippen molar-refractivity contribution in [1.82, 2.24) is 5.32 Å². The van der Waals surface area contributed by atoms with Crippen molar-refractivity contribution in [2.75, 3.05) is 13.2 Å². The Kier molecular flexibility index (Phi) is 6.15. The Labute approximate surface area is 112 Å². The third-order valence-corrected chi connectivity index (χ3v) is 2.18. The predicted molar refractivity (Wildman–Crippen MR) is 70.4 cm³/mol. The van der Waals surface area contributed by atoms with Crippen LogP contribution in [-0.4, -0.2) is 25.3 Å². The number of alkyl carbamates (subject to hydrolysis) is 1. The van der Waals surface area contributed by atoms with Crippen LogP contribution in [0, 0.1) is 0 Å². The van der Waals surface area contributed by atoms with Crippen LogP contribution in [0.25, 0.3) is 0 Å². The minimum Gasteiger partial charge on any atom is -0.459 e. The number of ether oxygens (including phenoxy) is 2. The molecule has 0 saturated heterocycles. The van der Waals surface area contributed by atoms with E-state index < -0.39 is 12.1 Å². The molecule has 0 heterocycles. The van der Waals surface area contributed by atoms with Crippen LogP contribution in [-0.2, 0) is 20.8 Å². The Morgan fingerprint density at radius 2 is 1.79 bits per heavy atom. The first-order valence-electron chi connectivity index (χ1n) is 5.87. The number of esters is 1. The van der Waals surface area contributed by atoms with Crippen molar-refractivity contribution in [1.29, 1.82) is 0 Å². The number of amides is 1. The lowest BCUT2D eigenvalue weighted by Crippen LogP contribution is -2.25. The van der Waals surface area contributed by atoms with Crippen molar-refractivity contribution < 1.29 is 19.1 Å². The van der Waals surface area contributed by atoms with Gasteiger partial charge in [0.2, 0.25) is 0 Å². The highest BCUT2D eigenvalue weighted by Gasteiger charge is 2.04. The van der Waals surface area contributed by atoms with Gasteiger partial charge in [-0.3, -0.25) is 0 Å². The third-order valence-electron chi connectivity index (χ3n) is 2.18. The molecular formula is C14H17NO4. The molecule has 1 N–H and O–H groups in total. The molecule has 1 amide bonds. The smallest absolute Gasteiger partial charge is 0.407 e. The maximum atomic E-state index is 11.3. The monoisotopic (exact) mass is 263 g/mol. The van der Waals surface area contributed by atoms with Crippen LogP contribution in [0.3, 0.4) is 0 Å². The van der Waals surface area contributed by atoms with Crippen molar-refractivity contribution >= 4 is 12.1 Å². The molecule has 0 atom stereocenters. The molecule has 0 aliphatic carbocycles. The van der Waals surface area contributed by atoms with Gasteiger partial charge in [0.1, 0.15) is 13.2 Å². The molecule has 0 bridgehead atoms.